The van der Waals surface area contributed by atoms with E-state index in [1.165, 1.54) is 16.7 Å². The molecule has 1 unspecified atom stereocenters. The minimum absolute atomic E-state index is 0.162. The van der Waals surface area contributed by atoms with Crippen LogP contribution in [0.5, 0.6) is 0 Å². The third-order valence-electron chi connectivity index (χ3n) is 3.61. The maximum Gasteiger partial charge on any atom is 0.317 e. The molecule has 0 saturated heterocycles. The zero-order valence-electron chi connectivity index (χ0n) is 14.4. The summed E-state index contributed by atoms with van der Waals surface area (Å²) in [6, 6.07) is 15.1. The van der Waals surface area contributed by atoms with E-state index in [1.807, 2.05) is 55.5 Å². The van der Waals surface area contributed by atoms with E-state index in [0.717, 1.165) is 20.6 Å². The van der Waals surface area contributed by atoms with E-state index < -0.39 is 12.1 Å². The van der Waals surface area contributed by atoms with Crippen LogP contribution in [0.25, 0.3) is 0 Å². The fourth-order valence-electron chi connectivity index (χ4n) is 2.24. The number of likely N-dealkylation sites (N-methyl/N-ethyl adjacent to an activating group) is 1. The molecule has 2 aromatic rings. The highest BCUT2D eigenvalue weighted by atomic mass is 79.9. The van der Waals surface area contributed by atoms with Crippen LogP contribution >= 0.6 is 27.7 Å². The smallest absolute Gasteiger partial charge is 0.317 e. The molecule has 0 bridgehead atoms. The lowest BCUT2D eigenvalue weighted by atomic mass is 10.2. The number of aryl methyl sites for hydroxylation is 1. The number of ether oxygens (including phenoxy) is 1. The van der Waals surface area contributed by atoms with E-state index in [4.69, 9.17) is 4.74 Å². The fourth-order valence-corrected chi connectivity index (χ4v) is 3.51. The van der Waals surface area contributed by atoms with Gasteiger partial charge in [-0.1, -0.05) is 34.1 Å². The number of hydrogen-bond donors (Lipinski definition) is 0. The summed E-state index contributed by atoms with van der Waals surface area (Å²) in [5.41, 5.74) is 1.84. The first-order valence-corrected chi connectivity index (χ1v) is 9.57. The van der Waals surface area contributed by atoms with Gasteiger partial charge in [-0.05, 0) is 49.7 Å². The first-order chi connectivity index (χ1) is 11.9. The first kappa shape index (κ1) is 19.5. The fraction of sp³-hybridized carbons (Fsp3) is 0.263. The van der Waals surface area contributed by atoms with Crippen LogP contribution in [-0.4, -0.2) is 30.8 Å². The molecule has 1 atom stereocenters. The summed E-state index contributed by atoms with van der Waals surface area (Å²) in [5, 5.41) is 0. The van der Waals surface area contributed by atoms with Gasteiger partial charge in [-0.15, -0.1) is 11.8 Å². The summed E-state index contributed by atoms with van der Waals surface area (Å²) in [7, 11) is 1.67. The molecule has 2 aromatic carbocycles. The summed E-state index contributed by atoms with van der Waals surface area (Å²) in [4.78, 5) is 26.9. The van der Waals surface area contributed by atoms with Gasteiger partial charge in [0.15, 0.2) is 6.10 Å². The van der Waals surface area contributed by atoms with E-state index in [2.05, 4.69) is 15.9 Å². The number of halogens is 1. The molecule has 0 radical (unpaired) electrons. The molecule has 132 valence electrons. The first-order valence-electron chi connectivity index (χ1n) is 7.79. The summed E-state index contributed by atoms with van der Waals surface area (Å²) >= 11 is 4.82. The van der Waals surface area contributed by atoms with Crippen LogP contribution in [0.3, 0.4) is 0 Å². The van der Waals surface area contributed by atoms with Crippen molar-refractivity contribution >= 4 is 45.3 Å². The minimum Gasteiger partial charge on any atom is -0.452 e. The van der Waals surface area contributed by atoms with Crippen molar-refractivity contribution < 1.29 is 14.3 Å². The zero-order chi connectivity index (χ0) is 18.4. The average Bonchev–Trinajstić information content (AvgIpc) is 2.60. The molecule has 0 aliphatic heterocycles. The van der Waals surface area contributed by atoms with Crippen LogP contribution < -0.4 is 4.90 Å². The minimum atomic E-state index is -0.829. The SMILES string of the molecule is Cc1cc(Br)ccc1SCC(=O)OC(C)C(=O)N(C)c1ccccc1. The van der Waals surface area contributed by atoms with Crippen LogP contribution in [0.15, 0.2) is 57.9 Å². The third-order valence-corrected chi connectivity index (χ3v) is 5.25. The van der Waals surface area contributed by atoms with Gasteiger partial charge in [0.2, 0.25) is 0 Å². The second-order valence-corrected chi connectivity index (χ2v) is 7.50. The standard InChI is InChI=1S/C19H20BrNO3S/c1-13-11-15(20)9-10-17(13)25-12-18(22)24-14(2)19(23)21(3)16-7-5-4-6-8-16/h4-11,14H,12H2,1-3H3. The molecule has 4 nitrogen and oxygen atoms in total. The largest absolute Gasteiger partial charge is 0.452 e. The molecule has 0 aliphatic carbocycles. The van der Waals surface area contributed by atoms with E-state index in [9.17, 15) is 9.59 Å². The lowest BCUT2D eigenvalue weighted by molar-refractivity contribution is -0.151. The molecule has 0 heterocycles. The normalized spacial score (nSPS) is 11.7. The number of amides is 1. The Kier molecular flexibility index (Phi) is 7.08. The summed E-state index contributed by atoms with van der Waals surface area (Å²) in [6.07, 6.45) is -0.829. The summed E-state index contributed by atoms with van der Waals surface area (Å²) in [5.74, 6) is -0.506. The monoisotopic (exact) mass is 421 g/mol. The van der Waals surface area contributed by atoms with Crippen molar-refractivity contribution in [2.24, 2.45) is 0 Å². The van der Waals surface area contributed by atoms with Crippen LogP contribution in [-0.2, 0) is 14.3 Å². The van der Waals surface area contributed by atoms with Gasteiger partial charge in [0.1, 0.15) is 0 Å². The predicted octanol–water partition coefficient (Wildman–Crippen LogP) is 4.44. The number of benzene rings is 2. The molecule has 0 N–H and O–H groups in total. The molecular formula is C19H20BrNO3S. The van der Waals surface area contributed by atoms with Crippen LogP contribution in [0, 0.1) is 6.92 Å². The Morgan fingerprint density at radius 2 is 1.88 bits per heavy atom. The number of carbonyl (C=O) groups is 2. The van der Waals surface area contributed by atoms with E-state index >= 15 is 0 Å². The van der Waals surface area contributed by atoms with E-state index in [1.54, 1.807) is 14.0 Å². The molecule has 25 heavy (non-hydrogen) atoms. The van der Waals surface area contributed by atoms with Gasteiger partial charge in [-0.2, -0.15) is 0 Å². The number of para-hydroxylation sites is 1. The van der Waals surface area contributed by atoms with Crippen molar-refractivity contribution in [1.29, 1.82) is 0 Å². The maximum atomic E-state index is 12.4. The summed E-state index contributed by atoms with van der Waals surface area (Å²) < 4.78 is 6.28. The van der Waals surface area contributed by atoms with Crippen molar-refractivity contribution in [2.75, 3.05) is 17.7 Å². The Labute approximate surface area is 160 Å². The molecule has 0 fully saturated rings. The Morgan fingerprint density at radius 1 is 1.20 bits per heavy atom. The Bertz CT molecular complexity index is 752. The number of nitrogens with zero attached hydrogens (tertiary/aromatic N) is 1. The molecule has 0 aliphatic rings. The Morgan fingerprint density at radius 3 is 2.52 bits per heavy atom. The molecule has 0 spiro atoms. The lowest BCUT2D eigenvalue weighted by Gasteiger charge is -2.21. The van der Waals surface area contributed by atoms with Crippen LogP contribution in [0.2, 0.25) is 0 Å². The third kappa shape index (κ3) is 5.61. The number of esters is 1. The number of carbonyl (C=O) groups excluding carboxylic acids is 2. The Hall–Kier alpha value is -1.79. The van der Waals surface area contributed by atoms with Crippen molar-refractivity contribution in [2.45, 2.75) is 24.8 Å². The van der Waals surface area contributed by atoms with Gasteiger partial charge in [0.25, 0.3) is 5.91 Å². The van der Waals surface area contributed by atoms with E-state index in [-0.39, 0.29) is 11.7 Å². The maximum absolute atomic E-state index is 12.4. The Balaban J connectivity index is 1.88. The van der Waals surface area contributed by atoms with Crippen molar-refractivity contribution in [3.05, 3.63) is 58.6 Å². The number of rotatable bonds is 6. The van der Waals surface area contributed by atoms with Gasteiger partial charge in [-0.25, -0.2) is 0 Å². The molecule has 1 amide bonds. The predicted molar refractivity (Wildman–Crippen MR) is 105 cm³/mol. The van der Waals surface area contributed by atoms with Crippen LogP contribution in [0.1, 0.15) is 12.5 Å². The molecule has 6 heteroatoms. The van der Waals surface area contributed by atoms with Crippen LogP contribution in [0.4, 0.5) is 5.69 Å². The number of anilines is 1. The van der Waals surface area contributed by atoms with Gasteiger partial charge < -0.3 is 9.64 Å². The topological polar surface area (TPSA) is 46.6 Å². The highest BCUT2D eigenvalue weighted by Gasteiger charge is 2.22. The van der Waals surface area contributed by atoms with Crippen molar-refractivity contribution in [3.8, 4) is 0 Å². The lowest BCUT2D eigenvalue weighted by Crippen LogP contribution is -2.37. The summed E-state index contributed by atoms with van der Waals surface area (Å²) in [6.45, 7) is 3.58. The van der Waals surface area contributed by atoms with Gasteiger partial charge in [0, 0.05) is 22.1 Å². The number of hydrogen-bond acceptors (Lipinski definition) is 4. The van der Waals surface area contributed by atoms with Gasteiger partial charge >= 0.3 is 5.97 Å². The van der Waals surface area contributed by atoms with Crippen molar-refractivity contribution in [1.82, 2.24) is 0 Å². The highest BCUT2D eigenvalue weighted by Crippen LogP contribution is 2.25. The number of thioether (sulfide) groups is 1. The van der Waals surface area contributed by atoms with E-state index in [0.29, 0.717) is 0 Å². The molecule has 0 aromatic heterocycles. The molecule has 2 rings (SSSR count). The van der Waals surface area contributed by atoms with Gasteiger partial charge in [-0.3, -0.25) is 9.59 Å². The second kappa shape index (κ2) is 9.06. The average molecular weight is 422 g/mol. The highest BCUT2D eigenvalue weighted by molar-refractivity contribution is 9.10. The van der Waals surface area contributed by atoms with Crippen molar-refractivity contribution in [3.63, 3.8) is 0 Å². The van der Waals surface area contributed by atoms with Gasteiger partial charge in [0.05, 0.1) is 5.75 Å². The second-order valence-electron chi connectivity index (χ2n) is 5.56. The zero-order valence-corrected chi connectivity index (χ0v) is 16.8. The molecule has 0 saturated carbocycles. The quantitative estimate of drug-likeness (QED) is 0.510. The molecular weight excluding hydrogens is 402 g/mol.